The third kappa shape index (κ3) is 8.64. The molecule has 0 saturated heterocycles. The maximum atomic E-state index is 13.1. The van der Waals surface area contributed by atoms with Gasteiger partial charge in [-0.2, -0.15) is 0 Å². The lowest BCUT2D eigenvalue weighted by molar-refractivity contribution is -0.123. The van der Waals surface area contributed by atoms with Crippen LogP contribution in [0.25, 0.3) is 11.1 Å². The summed E-state index contributed by atoms with van der Waals surface area (Å²) in [6.45, 7) is 2.98. The van der Waals surface area contributed by atoms with Gasteiger partial charge in [0.1, 0.15) is 12.6 Å². The molecule has 228 valence electrons. The van der Waals surface area contributed by atoms with Crippen molar-refractivity contribution in [2.75, 3.05) is 26.3 Å². The molecule has 0 aliphatic heterocycles. The number of aromatic hydroxyl groups is 2. The molecule has 0 fully saturated rings. The van der Waals surface area contributed by atoms with Crippen molar-refractivity contribution >= 4 is 18.1 Å². The van der Waals surface area contributed by atoms with Gasteiger partial charge in [0.15, 0.2) is 11.5 Å². The number of phenolic OH excluding ortho intramolecular Hbond substituents is 2. The lowest BCUT2D eigenvalue weighted by Crippen LogP contribution is -2.47. The van der Waals surface area contributed by atoms with Crippen LogP contribution in [0.5, 0.6) is 11.5 Å². The Kier molecular flexibility index (Phi) is 11.2. The van der Waals surface area contributed by atoms with E-state index in [4.69, 9.17) is 9.47 Å². The van der Waals surface area contributed by atoms with Crippen molar-refractivity contribution in [1.29, 1.82) is 0 Å². The van der Waals surface area contributed by atoms with Gasteiger partial charge in [-0.3, -0.25) is 4.79 Å². The fourth-order valence-electron chi connectivity index (χ4n) is 5.09. The Hall–Kier alpha value is -4.73. The van der Waals surface area contributed by atoms with Crippen molar-refractivity contribution in [1.82, 2.24) is 16.0 Å². The molecule has 1 atom stereocenters. The number of unbranched alkanes of at least 4 members (excludes halogenated alkanes) is 1. The van der Waals surface area contributed by atoms with E-state index in [-0.39, 0.29) is 43.5 Å². The van der Waals surface area contributed by atoms with Gasteiger partial charge in [-0.25, -0.2) is 9.59 Å². The van der Waals surface area contributed by atoms with Gasteiger partial charge in [0.25, 0.3) is 0 Å². The first kappa shape index (κ1) is 31.2. The third-order valence-corrected chi connectivity index (χ3v) is 7.37. The molecule has 3 aromatic rings. The Labute approximate surface area is 251 Å². The van der Waals surface area contributed by atoms with Gasteiger partial charge < -0.3 is 35.6 Å². The number of hydrogen-bond donors (Lipinski definition) is 5. The number of fused-ring (bicyclic) bond motifs is 3. The molecule has 0 heterocycles. The summed E-state index contributed by atoms with van der Waals surface area (Å²) in [5, 5.41) is 27.4. The zero-order chi connectivity index (χ0) is 30.6. The number of benzene rings is 3. The van der Waals surface area contributed by atoms with Gasteiger partial charge in [0, 0.05) is 19.0 Å². The van der Waals surface area contributed by atoms with Crippen LogP contribution in [0.1, 0.15) is 55.2 Å². The van der Waals surface area contributed by atoms with Crippen LogP contribution in [-0.2, 0) is 20.7 Å². The maximum Gasteiger partial charge on any atom is 0.407 e. The number of amides is 3. The SMILES string of the molecule is CCCCOC(=O)NCCC[C@H](NC(=O)OCC1c2ccccc2-c2ccccc21)C(=O)NCCc1ccc(O)c(O)c1. The van der Waals surface area contributed by atoms with Gasteiger partial charge >= 0.3 is 12.2 Å². The predicted octanol–water partition coefficient (Wildman–Crippen LogP) is 4.97. The normalized spacial score (nSPS) is 12.5. The van der Waals surface area contributed by atoms with Crippen molar-refractivity contribution in [2.45, 2.75) is 51.0 Å². The van der Waals surface area contributed by atoms with E-state index in [9.17, 15) is 24.6 Å². The predicted molar refractivity (Wildman–Crippen MR) is 162 cm³/mol. The quantitative estimate of drug-likeness (QED) is 0.132. The van der Waals surface area contributed by atoms with Crippen LogP contribution in [0.4, 0.5) is 9.59 Å². The minimum atomic E-state index is -0.901. The first-order valence-corrected chi connectivity index (χ1v) is 14.7. The highest BCUT2D eigenvalue weighted by Crippen LogP contribution is 2.44. The summed E-state index contributed by atoms with van der Waals surface area (Å²) in [7, 11) is 0. The topological polar surface area (TPSA) is 146 Å². The number of ether oxygens (including phenoxy) is 2. The zero-order valence-electron chi connectivity index (χ0n) is 24.3. The maximum absolute atomic E-state index is 13.1. The molecule has 43 heavy (non-hydrogen) atoms. The van der Waals surface area contributed by atoms with Crippen LogP contribution >= 0.6 is 0 Å². The Morgan fingerprint density at radius 1 is 0.814 bits per heavy atom. The monoisotopic (exact) mass is 589 g/mol. The molecule has 3 aromatic carbocycles. The number of rotatable bonds is 14. The summed E-state index contributed by atoms with van der Waals surface area (Å²) in [6.07, 6.45) is 1.54. The van der Waals surface area contributed by atoms with Crippen LogP contribution in [-0.4, -0.2) is 60.7 Å². The van der Waals surface area contributed by atoms with Crippen molar-refractivity contribution < 1.29 is 34.1 Å². The van der Waals surface area contributed by atoms with Crippen LogP contribution in [0.2, 0.25) is 0 Å². The van der Waals surface area contributed by atoms with E-state index in [2.05, 4.69) is 28.1 Å². The Morgan fingerprint density at radius 2 is 1.51 bits per heavy atom. The Bertz CT molecular complexity index is 1370. The number of phenols is 2. The smallest absolute Gasteiger partial charge is 0.407 e. The van der Waals surface area contributed by atoms with E-state index < -0.39 is 24.1 Å². The van der Waals surface area contributed by atoms with Gasteiger partial charge in [-0.15, -0.1) is 0 Å². The van der Waals surface area contributed by atoms with Crippen molar-refractivity contribution in [2.24, 2.45) is 0 Å². The highest BCUT2D eigenvalue weighted by molar-refractivity contribution is 5.85. The molecule has 0 saturated carbocycles. The number of alkyl carbamates (subject to hydrolysis) is 2. The third-order valence-electron chi connectivity index (χ3n) is 7.37. The molecule has 3 amide bonds. The molecule has 0 radical (unpaired) electrons. The summed E-state index contributed by atoms with van der Waals surface area (Å²) in [4.78, 5) is 37.9. The van der Waals surface area contributed by atoms with E-state index in [0.717, 1.165) is 40.7 Å². The van der Waals surface area contributed by atoms with Crippen LogP contribution in [0, 0.1) is 0 Å². The fraction of sp³-hybridized carbons (Fsp3) is 0.364. The largest absolute Gasteiger partial charge is 0.504 e. The molecular formula is C33H39N3O7. The van der Waals surface area contributed by atoms with E-state index in [1.807, 2.05) is 43.3 Å². The first-order chi connectivity index (χ1) is 20.9. The summed E-state index contributed by atoms with van der Waals surface area (Å²) < 4.78 is 10.7. The highest BCUT2D eigenvalue weighted by Gasteiger charge is 2.29. The van der Waals surface area contributed by atoms with E-state index >= 15 is 0 Å². The lowest BCUT2D eigenvalue weighted by Gasteiger charge is -2.20. The second-order valence-corrected chi connectivity index (χ2v) is 10.4. The van der Waals surface area contributed by atoms with Crippen LogP contribution in [0.3, 0.4) is 0 Å². The molecule has 10 nitrogen and oxygen atoms in total. The molecular weight excluding hydrogens is 550 g/mol. The van der Waals surface area contributed by atoms with Crippen molar-refractivity contribution in [3.63, 3.8) is 0 Å². The second kappa shape index (κ2) is 15.5. The first-order valence-electron chi connectivity index (χ1n) is 14.7. The molecule has 0 spiro atoms. The molecule has 0 unspecified atom stereocenters. The minimum absolute atomic E-state index is 0.115. The average molecular weight is 590 g/mol. The van der Waals surface area contributed by atoms with Crippen LogP contribution < -0.4 is 16.0 Å². The van der Waals surface area contributed by atoms with Crippen molar-refractivity contribution in [3.8, 4) is 22.6 Å². The van der Waals surface area contributed by atoms with Crippen LogP contribution in [0.15, 0.2) is 66.7 Å². The lowest BCUT2D eigenvalue weighted by atomic mass is 9.98. The number of hydrogen-bond acceptors (Lipinski definition) is 7. The number of carbonyl (C=O) groups is 3. The number of carbonyl (C=O) groups excluding carboxylic acids is 3. The summed E-state index contributed by atoms with van der Waals surface area (Å²) in [5.74, 6) is -0.973. The fourth-order valence-corrected chi connectivity index (χ4v) is 5.09. The Balaban J connectivity index is 1.33. The molecule has 5 N–H and O–H groups in total. The molecule has 0 aromatic heterocycles. The molecule has 1 aliphatic carbocycles. The van der Waals surface area contributed by atoms with Gasteiger partial charge in [-0.05, 0) is 65.6 Å². The van der Waals surface area contributed by atoms with Gasteiger partial charge in [0.05, 0.1) is 6.61 Å². The van der Waals surface area contributed by atoms with E-state index in [0.29, 0.717) is 19.4 Å². The summed E-state index contributed by atoms with van der Waals surface area (Å²) in [5.41, 5.74) is 5.13. The average Bonchev–Trinajstić information content (AvgIpc) is 3.33. The van der Waals surface area contributed by atoms with Crippen molar-refractivity contribution in [3.05, 3.63) is 83.4 Å². The summed E-state index contributed by atoms with van der Waals surface area (Å²) in [6, 6.07) is 19.6. The highest BCUT2D eigenvalue weighted by atomic mass is 16.6. The second-order valence-electron chi connectivity index (χ2n) is 10.4. The molecule has 0 bridgehead atoms. The van der Waals surface area contributed by atoms with E-state index in [1.165, 1.54) is 12.1 Å². The minimum Gasteiger partial charge on any atom is -0.504 e. The zero-order valence-corrected chi connectivity index (χ0v) is 24.3. The number of nitrogens with one attached hydrogen (secondary N) is 3. The van der Waals surface area contributed by atoms with Gasteiger partial charge in [0.2, 0.25) is 5.91 Å². The Morgan fingerprint density at radius 3 is 2.19 bits per heavy atom. The van der Waals surface area contributed by atoms with Gasteiger partial charge in [-0.1, -0.05) is 67.9 Å². The molecule has 1 aliphatic rings. The van der Waals surface area contributed by atoms with E-state index in [1.54, 1.807) is 6.07 Å². The standard InChI is InChI=1S/C33H39N3O7/c1-2-3-19-42-32(40)35-17-8-13-28(31(39)34-18-16-22-14-15-29(37)30(38)20-22)36-33(41)43-21-27-25-11-6-4-9-23(25)24-10-5-7-12-26(24)27/h4-7,9-12,14-15,20,27-28,37-38H,2-3,8,13,16-19,21H2,1H3,(H,34,39)(H,35,40)(H,36,41)/t28-/m0/s1. The molecule has 10 heteroatoms. The summed E-state index contributed by atoms with van der Waals surface area (Å²) >= 11 is 0. The molecule has 4 rings (SSSR count).